The molecule has 1 aromatic carbocycles. The largest absolute Gasteiger partial charge is 0.382 e. The monoisotopic (exact) mass is 316 g/mol. The van der Waals surface area contributed by atoms with Crippen molar-refractivity contribution < 1.29 is 12.6 Å². The van der Waals surface area contributed by atoms with E-state index in [1.54, 1.807) is 18.2 Å². The van der Waals surface area contributed by atoms with Crippen LogP contribution in [0.15, 0.2) is 23.1 Å². The molecule has 1 aliphatic heterocycles. The highest BCUT2D eigenvalue weighted by atomic mass is 32.2. The van der Waals surface area contributed by atoms with E-state index in [0.717, 1.165) is 24.1 Å². The van der Waals surface area contributed by atoms with Gasteiger partial charge in [0, 0.05) is 34.0 Å². The highest BCUT2D eigenvalue weighted by Crippen LogP contribution is 2.23. The van der Waals surface area contributed by atoms with E-state index in [0.29, 0.717) is 11.5 Å². The standard InChI is InChI=1S/C13H20N2O3S2/c1-10-3-4-12(20(17,18)14-2)9-13(10)15-11-5-7-19(16)8-6-11/h3-4,9,11,14-15H,5-8H2,1-2H3. The molecule has 0 amide bonds. The number of hydrogen-bond donors (Lipinski definition) is 2. The summed E-state index contributed by atoms with van der Waals surface area (Å²) in [4.78, 5) is 0.257. The summed E-state index contributed by atoms with van der Waals surface area (Å²) in [5.41, 5.74) is 1.84. The van der Waals surface area contributed by atoms with Gasteiger partial charge in [-0.05, 0) is 44.5 Å². The molecule has 112 valence electrons. The highest BCUT2D eigenvalue weighted by Gasteiger charge is 2.19. The minimum absolute atomic E-state index is 0.257. The highest BCUT2D eigenvalue weighted by molar-refractivity contribution is 7.89. The molecule has 0 atom stereocenters. The molecule has 2 rings (SSSR count). The molecule has 20 heavy (non-hydrogen) atoms. The van der Waals surface area contributed by atoms with E-state index in [1.165, 1.54) is 7.05 Å². The summed E-state index contributed by atoms with van der Waals surface area (Å²) in [6.07, 6.45) is 1.71. The van der Waals surface area contributed by atoms with Gasteiger partial charge in [0.15, 0.2) is 0 Å². The maximum atomic E-state index is 11.8. The first-order valence-corrected chi connectivity index (χ1v) is 9.55. The summed E-state index contributed by atoms with van der Waals surface area (Å²) < 4.78 is 37.3. The fourth-order valence-electron chi connectivity index (χ4n) is 2.20. The maximum Gasteiger partial charge on any atom is 0.240 e. The van der Waals surface area contributed by atoms with E-state index in [-0.39, 0.29) is 10.9 Å². The molecule has 1 saturated heterocycles. The Hall–Kier alpha value is -0.920. The molecular formula is C13H20N2O3S2. The Morgan fingerprint density at radius 3 is 2.50 bits per heavy atom. The fraction of sp³-hybridized carbons (Fsp3) is 0.538. The van der Waals surface area contributed by atoms with E-state index < -0.39 is 20.8 Å². The Morgan fingerprint density at radius 1 is 1.25 bits per heavy atom. The zero-order chi connectivity index (χ0) is 14.8. The van der Waals surface area contributed by atoms with Crippen molar-refractivity contribution in [2.75, 3.05) is 23.9 Å². The van der Waals surface area contributed by atoms with Crippen molar-refractivity contribution in [2.45, 2.75) is 30.7 Å². The smallest absolute Gasteiger partial charge is 0.240 e. The third-order valence-corrected chi connectivity index (χ3v) is 6.33. The SMILES string of the molecule is CNS(=O)(=O)c1ccc(C)c(NC2CCS(=O)CC2)c1. The summed E-state index contributed by atoms with van der Waals surface area (Å²) in [6.45, 7) is 1.94. The van der Waals surface area contributed by atoms with Crippen LogP contribution in [0.4, 0.5) is 5.69 Å². The molecule has 1 aliphatic rings. The first-order valence-electron chi connectivity index (χ1n) is 6.58. The van der Waals surface area contributed by atoms with Crippen molar-refractivity contribution >= 4 is 26.5 Å². The molecule has 0 aromatic heterocycles. The van der Waals surface area contributed by atoms with Gasteiger partial charge >= 0.3 is 0 Å². The molecule has 1 fully saturated rings. The Kier molecular flexibility index (Phi) is 4.82. The normalized spacial score (nSPS) is 23.5. The van der Waals surface area contributed by atoms with E-state index in [9.17, 15) is 12.6 Å². The lowest BCUT2D eigenvalue weighted by molar-refractivity contribution is 0.588. The van der Waals surface area contributed by atoms with Crippen molar-refractivity contribution in [3.8, 4) is 0 Å². The minimum atomic E-state index is -3.43. The van der Waals surface area contributed by atoms with E-state index in [2.05, 4.69) is 10.0 Å². The second-order valence-corrected chi connectivity index (χ2v) is 8.53. The van der Waals surface area contributed by atoms with Gasteiger partial charge < -0.3 is 5.32 Å². The summed E-state index contributed by atoms with van der Waals surface area (Å²) in [5.74, 6) is 1.43. The van der Waals surface area contributed by atoms with Gasteiger partial charge in [0.1, 0.15) is 0 Å². The molecule has 0 saturated carbocycles. The summed E-state index contributed by atoms with van der Waals surface area (Å²) in [5, 5.41) is 3.38. The molecule has 7 heteroatoms. The summed E-state index contributed by atoms with van der Waals surface area (Å²) in [6, 6.07) is 5.32. The van der Waals surface area contributed by atoms with Gasteiger partial charge in [-0.25, -0.2) is 13.1 Å². The zero-order valence-corrected chi connectivity index (χ0v) is 13.3. The van der Waals surface area contributed by atoms with Gasteiger partial charge in [-0.2, -0.15) is 0 Å². The number of nitrogens with one attached hydrogen (secondary N) is 2. The predicted molar refractivity (Wildman–Crippen MR) is 81.9 cm³/mol. The molecule has 5 nitrogen and oxygen atoms in total. The third kappa shape index (κ3) is 3.59. The Labute approximate surface area is 122 Å². The van der Waals surface area contributed by atoms with Crippen LogP contribution < -0.4 is 10.0 Å². The number of rotatable bonds is 4. The second kappa shape index (κ2) is 6.24. The number of hydrogen-bond acceptors (Lipinski definition) is 4. The fourth-order valence-corrected chi connectivity index (χ4v) is 4.25. The van der Waals surface area contributed by atoms with Crippen molar-refractivity contribution in [1.82, 2.24) is 4.72 Å². The molecule has 0 bridgehead atoms. The van der Waals surface area contributed by atoms with Crippen molar-refractivity contribution in [1.29, 1.82) is 0 Å². The predicted octanol–water partition coefficient (Wildman–Crippen LogP) is 1.23. The topological polar surface area (TPSA) is 75.3 Å². The van der Waals surface area contributed by atoms with Gasteiger partial charge in [-0.15, -0.1) is 0 Å². The van der Waals surface area contributed by atoms with E-state index in [1.807, 2.05) is 6.92 Å². The van der Waals surface area contributed by atoms with Gasteiger partial charge in [-0.3, -0.25) is 4.21 Å². The van der Waals surface area contributed by atoms with Crippen LogP contribution >= 0.6 is 0 Å². The number of aryl methyl sites for hydroxylation is 1. The quantitative estimate of drug-likeness (QED) is 0.876. The van der Waals surface area contributed by atoms with Crippen LogP contribution in [0.2, 0.25) is 0 Å². The molecule has 0 unspecified atom stereocenters. The lowest BCUT2D eigenvalue weighted by Crippen LogP contribution is -2.29. The molecule has 0 spiro atoms. The zero-order valence-electron chi connectivity index (χ0n) is 11.7. The van der Waals surface area contributed by atoms with Gasteiger partial charge in [0.05, 0.1) is 4.90 Å². The number of anilines is 1. The third-order valence-electron chi connectivity index (χ3n) is 3.54. The van der Waals surface area contributed by atoms with Crippen molar-refractivity contribution in [3.05, 3.63) is 23.8 Å². The second-order valence-electron chi connectivity index (χ2n) is 4.95. The molecule has 1 heterocycles. The van der Waals surface area contributed by atoms with Crippen molar-refractivity contribution in [2.24, 2.45) is 0 Å². The van der Waals surface area contributed by atoms with Crippen LogP contribution in [0.5, 0.6) is 0 Å². The van der Waals surface area contributed by atoms with Gasteiger partial charge in [0.25, 0.3) is 0 Å². The van der Waals surface area contributed by atoms with Crippen LogP contribution in [-0.2, 0) is 20.8 Å². The van der Waals surface area contributed by atoms with Crippen LogP contribution in [0.3, 0.4) is 0 Å². The molecule has 2 N–H and O–H groups in total. The number of sulfonamides is 1. The Morgan fingerprint density at radius 2 is 1.90 bits per heavy atom. The first-order chi connectivity index (χ1) is 9.42. The van der Waals surface area contributed by atoms with Crippen LogP contribution in [-0.4, -0.2) is 37.2 Å². The summed E-state index contributed by atoms with van der Waals surface area (Å²) >= 11 is 0. The summed E-state index contributed by atoms with van der Waals surface area (Å²) in [7, 11) is -2.71. The van der Waals surface area contributed by atoms with Gasteiger partial charge in [-0.1, -0.05) is 6.07 Å². The average Bonchev–Trinajstić information content (AvgIpc) is 2.43. The lowest BCUT2D eigenvalue weighted by atomic mass is 10.1. The van der Waals surface area contributed by atoms with Crippen LogP contribution in [0, 0.1) is 6.92 Å². The lowest BCUT2D eigenvalue weighted by Gasteiger charge is -2.24. The molecule has 0 radical (unpaired) electrons. The van der Waals surface area contributed by atoms with Gasteiger partial charge in [0.2, 0.25) is 10.0 Å². The Bertz CT molecular complexity index is 604. The Balaban J connectivity index is 2.19. The minimum Gasteiger partial charge on any atom is -0.382 e. The molecule has 1 aromatic rings. The van der Waals surface area contributed by atoms with Crippen molar-refractivity contribution in [3.63, 3.8) is 0 Å². The maximum absolute atomic E-state index is 11.8. The van der Waals surface area contributed by atoms with E-state index >= 15 is 0 Å². The number of benzene rings is 1. The first kappa shape index (κ1) is 15.5. The average molecular weight is 316 g/mol. The molecule has 0 aliphatic carbocycles. The van der Waals surface area contributed by atoms with Crippen LogP contribution in [0.1, 0.15) is 18.4 Å². The van der Waals surface area contributed by atoms with Crippen LogP contribution in [0.25, 0.3) is 0 Å². The van der Waals surface area contributed by atoms with E-state index in [4.69, 9.17) is 0 Å². The molecular weight excluding hydrogens is 296 g/mol.